The molecule has 2 N–H and O–H groups in total. The van der Waals surface area contributed by atoms with Crippen LogP contribution in [0.1, 0.15) is 27.0 Å². The zero-order chi connectivity index (χ0) is 13.3. The highest BCUT2D eigenvalue weighted by atomic mass is 16.1. The molecule has 0 saturated carbocycles. The molecule has 0 unspecified atom stereocenters. The van der Waals surface area contributed by atoms with Crippen molar-refractivity contribution in [3.63, 3.8) is 0 Å². The van der Waals surface area contributed by atoms with E-state index in [2.05, 4.69) is 19.1 Å². The van der Waals surface area contributed by atoms with Gasteiger partial charge in [-0.25, -0.2) is 0 Å². The van der Waals surface area contributed by atoms with Crippen LogP contribution in [0, 0.1) is 20.8 Å². The normalized spacial score (nSPS) is 10.4. The number of hydrogen-bond donors (Lipinski definition) is 1. The minimum atomic E-state index is -0.359. The third kappa shape index (κ3) is 2.02. The lowest BCUT2D eigenvalue weighted by atomic mass is 9.89. The molecule has 0 aliphatic heterocycles. The molecule has 2 heteroatoms. The first kappa shape index (κ1) is 12.4. The molecular formula is C16H17NO. The highest BCUT2D eigenvalue weighted by Crippen LogP contribution is 2.31. The van der Waals surface area contributed by atoms with Crippen molar-refractivity contribution in [2.75, 3.05) is 0 Å². The van der Waals surface area contributed by atoms with Crippen molar-refractivity contribution in [3.05, 3.63) is 58.7 Å². The summed E-state index contributed by atoms with van der Waals surface area (Å²) in [7, 11) is 0. The van der Waals surface area contributed by atoms with Crippen LogP contribution in [-0.2, 0) is 0 Å². The van der Waals surface area contributed by atoms with Crippen LogP contribution in [0.25, 0.3) is 11.1 Å². The fourth-order valence-corrected chi connectivity index (χ4v) is 2.61. The molecule has 0 radical (unpaired) electrons. The van der Waals surface area contributed by atoms with E-state index >= 15 is 0 Å². The Morgan fingerprint density at radius 1 is 1.00 bits per heavy atom. The van der Waals surface area contributed by atoms with E-state index in [0.717, 1.165) is 22.3 Å². The van der Waals surface area contributed by atoms with Crippen LogP contribution in [-0.4, -0.2) is 5.91 Å². The van der Waals surface area contributed by atoms with E-state index in [0.29, 0.717) is 5.56 Å². The average molecular weight is 239 g/mol. The van der Waals surface area contributed by atoms with Gasteiger partial charge in [0, 0.05) is 5.56 Å². The lowest BCUT2D eigenvalue weighted by molar-refractivity contribution is 0.0999. The summed E-state index contributed by atoms with van der Waals surface area (Å²) in [5.41, 5.74) is 11.4. The first-order valence-corrected chi connectivity index (χ1v) is 5.98. The predicted molar refractivity (Wildman–Crippen MR) is 74.6 cm³/mol. The molecule has 0 aliphatic carbocycles. The quantitative estimate of drug-likeness (QED) is 0.857. The summed E-state index contributed by atoms with van der Waals surface area (Å²) in [6.45, 7) is 5.95. The third-order valence-electron chi connectivity index (χ3n) is 3.28. The Balaban J connectivity index is 2.76. The van der Waals surface area contributed by atoms with E-state index < -0.39 is 0 Å². The molecule has 2 rings (SSSR count). The number of hydrogen-bond acceptors (Lipinski definition) is 1. The molecule has 0 aliphatic rings. The van der Waals surface area contributed by atoms with Crippen LogP contribution >= 0.6 is 0 Å². The summed E-state index contributed by atoms with van der Waals surface area (Å²) < 4.78 is 0. The number of rotatable bonds is 2. The van der Waals surface area contributed by atoms with E-state index in [1.807, 2.05) is 38.1 Å². The minimum Gasteiger partial charge on any atom is -0.366 e. The van der Waals surface area contributed by atoms with Gasteiger partial charge >= 0.3 is 0 Å². The van der Waals surface area contributed by atoms with Crippen molar-refractivity contribution in [1.29, 1.82) is 0 Å². The van der Waals surface area contributed by atoms with Gasteiger partial charge in [-0.15, -0.1) is 0 Å². The number of carbonyl (C=O) groups is 1. The Kier molecular flexibility index (Phi) is 3.19. The van der Waals surface area contributed by atoms with Crippen molar-refractivity contribution < 1.29 is 4.79 Å². The molecule has 0 atom stereocenters. The van der Waals surface area contributed by atoms with Crippen molar-refractivity contribution in [2.45, 2.75) is 20.8 Å². The molecule has 2 aromatic carbocycles. The molecule has 0 saturated heterocycles. The van der Waals surface area contributed by atoms with Crippen LogP contribution in [0.15, 0.2) is 36.4 Å². The molecule has 1 amide bonds. The van der Waals surface area contributed by atoms with Gasteiger partial charge in [-0.05, 0) is 48.6 Å². The largest absolute Gasteiger partial charge is 0.366 e. The predicted octanol–water partition coefficient (Wildman–Crippen LogP) is 3.38. The second kappa shape index (κ2) is 4.65. The molecule has 92 valence electrons. The van der Waals surface area contributed by atoms with Gasteiger partial charge in [-0.1, -0.05) is 36.4 Å². The highest BCUT2D eigenvalue weighted by molar-refractivity contribution is 5.98. The average Bonchev–Trinajstić information content (AvgIpc) is 2.28. The van der Waals surface area contributed by atoms with Crippen molar-refractivity contribution >= 4 is 5.91 Å². The summed E-state index contributed by atoms with van der Waals surface area (Å²) in [4.78, 5) is 11.6. The number of amides is 1. The van der Waals surface area contributed by atoms with Gasteiger partial charge in [0.05, 0.1) is 0 Å². The first-order chi connectivity index (χ1) is 8.52. The zero-order valence-electron chi connectivity index (χ0n) is 10.9. The van der Waals surface area contributed by atoms with Gasteiger partial charge in [0.2, 0.25) is 5.91 Å². The SMILES string of the molecule is Cc1cc(C)c(-c2ccccc2)c(C)c1C(N)=O. The lowest BCUT2D eigenvalue weighted by Gasteiger charge is -2.15. The van der Waals surface area contributed by atoms with Crippen LogP contribution < -0.4 is 5.73 Å². The standard InChI is InChI=1S/C16H17NO/c1-10-9-11(2)15(16(17)18)12(3)14(10)13-7-5-4-6-8-13/h4-9H,1-3H3,(H2,17,18). The van der Waals surface area contributed by atoms with Gasteiger partial charge in [0.1, 0.15) is 0 Å². The molecule has 2 aromatic rings. The summed E-state index contributed by atoms with van der Waals surface area (Å²) in [6, 6.07) is 12.1. The zero-order valence-corrected chi connectivity index (χ0v) is 10.9. The van der Waals surface area contributed by atoms with E-state index in [1.165, 1.54) is 5.56 Å². The number of primary amides is 1. The maximum absolute atomic E-state index is 11.6. The second-order valence-corrected chi connectivity index (χ2v) is 4.62. The molecule has 0 aromatic heterocycles. The Hall–Kier alpha value is -2.09. The fraction of sp³-hybridized carbons (Fsp3) is 0.188. The highest BCUT2D eigenvalue weighted by Gasteiger charge is 2.15. The van der Waals surface area contributed by atoms with Gasteiger partial charge < -0.3 is 5.73 Å². The number of aryl methyl sites for hydroxylation is 2. The number of benzene rings is 2. The van der Waals surface area contributed by atoms with Crippen molar-refractivity contribution in [3.8, 4) is 11.1 Å². The molecule has 0 bridgehead atoms. The maximum atomic E-state index is 11.6. The topological polar surface area (TPSA) is 43.1 Å². The Morgan fingerprint density at radius 2 is 1.61 bits per heavy atom. The first-order valence-electron chi connectivity index (χ1n) is 5.98. The van der Waals surface area contributed by atoms with E-state index in [4.69, 9.17) is 5.73 Å². The smallest absolute Gasteiger partial charge is 0.249 e. The monoisotopic (exact) mass is 239 g/mol. The van der Waals surface area contributed by atoms with Gasteiger partial charge in [-0.2, -0.15) is 0 Å². The third-order valence-corrected chi connectivity index (χ3v) is 3.28. The van der Waals surface area contributed by atoms with Crippen molar-refractivity contribution in [1.82, 2.24) is 0 Å². The Bertz CT molecular complexity index is 600. The van der Waals surface area contributed by atoms with Gasteiger partial charge in [0.15, 0.2) is 0 Å². The second-order valence-electron chi connectivity index (χ2n) is 4.62. The van der Waals surface area contributed by atoms with Crippen LogP contribution in [0.3, 0.4) is 0 Å². The van der Waals surface area contributed by atoms with E-state index in [-0.39, 0.29) is 5.91 Å². The Labute approximate surface area is 107 Å². The molecule has 0 spiro atoms. The summed E-state index contributed by atoms with van der Waals surface area (Å²) in [6.07, 6.45) is 0. The molecule has 0 heterocycles. The van der Waals surface area contributed by atoms with E-state index in [1.54, 1.807) is 0 Å². The lowest BCUT2D eigenvalue weighted by Crippen LogP contribution is -2.15. The fourth-order valence-electron chi connectivity index (χ4n) is 2.61. The molecular weight excluding hydrogens is 222 g/mol. The summed E-state index contributed by atoms with van der Waals surface area (Å²) >= 11 is 0. The number of nitrogens with two attached hydrogens (primary N) is 1. The number of carbonyl (C=O) groups excluding carboxylic acids is 1. The van der Waals surface area contributed by atoms with Gasteiger partial charge in [0.25, 0.3) is 0 Å². The minimum absolute atomic E-state index is 0.359. The maximum Gasteiger partial charge on any atom is 0.249 e. The van der Waals surface area contributed by atoms with Gasteiger partial charge in [-0.3, -0.25) is 4.79 Å². The van der Waals surface area contributed by atoms with Crippen molar-refractivity contribution in [2.24, 2.45) is 5.73 Å². The van der Waals surface area contributed by atoms with Crippen LogP contribution in [0.4, 0.5) is 0 Å². The molecule has 0 fully saturated rings. The summed E-state index contributed by atoms with van der Waals surface area (Å²) in [5, 5.41) is 0. The molecule has 2 nitrogen and oxygen atoms in total. The van der Waals surface area contributed by atoms with Crippen LogP contribution in [0.2, 0.25) is 0 Å². The Morgan fingerprint density at radius 3 is 2.17 bits per heavy atom. The molecule has 18 heavy (non-hydrogen) atoms. The summed E-state index contributed by atoms with van der Waals surface area (Å²) in [5.74, 6) is -0.359. The van der Waals surface area contributed by atoms with Crippen LogP contribution in [0.5, 0.6) is 0 Å². The van der Waals surface area contributed by atoms with E-state index in [9.17, 15) is 4.79 Å².